The van der Waals surface area contributed by atoms with Crippen LogP contribution in [0.3, 0.4) is 0 Å². The third-order valence-electron chi connectivity index (χ3n) is 6.48. The molecule has 2 aromatic rings. The lowest BCUT2D eigenvalue weighted by Gasteiger charge is -2.15. The van der Waals surface area contributed by atoms with E-state index in [9.17, 15) is 10.1 Å². The second kappa shape index (κ2) is 8.61. The number of amides is 1. The quantitative estimate of drug-likeness (QED) is 0.471. The number of nitriles is 1. The van der Waals surface area contributed by atoms with Crippen molar-refractivity contribution in [2.24, 2.45) is 22.4 Å². The fourth-order valence-corrected chi connectivity index (χ4v) is 5.23. The Morgan fingerprint density at radius 1 is 1.37 bits per heavy atom. The first-order valence-electron chi connectivity index (χ1n) is 10.3. The minimum Gasteiger partial charge on any atom is -0.488 e. The van der Waals surface area contributed by atoms with Crippen LogP contribution >= 0.6 is 15.9 Å². The number of benzene rings is 2. The Kier molecular flexibility index (Phi) is 5.92. The molecule has 0 unspecified atom stereocenters. The smallest absolute Gasteiger partial charge is 0.244 e. The summed E-state index contributed by atoms with van der Waals surface area (Å²) in [5.41, 5.74) is 5.21. The molecule has 2 saturated carbocycles. The summed E-state index contributed by atoms with van der Waals surface area (Å²) in [4.78, 5) is 12.5. The Labute approximate surface area is 185 Å². The maximum absolute atomic E-state index is 12.5. The van der Waals surface area contributed by atoms with Crippen molar-refractivity contribution in [3.8, 4) is 11.8 Å². The molecule has 6 heteroatoms. The molecule has 5 nitrogen and oxygen atoms in total. The zero-order valence-electron chi connectivity index (χ0n) is 16.9. The van der Waals surface area contributed by atoms with Crippen LogP contribution in [-0.4, -0.2) is 12.1 Å². The van der Waals surface area contributed by atoms with Crippen molar-refractivity contribution >= 4 is 28.1 Å². The number of nitrogens with zero attached hydrogens (tertiary/aromatic N) is 2. The van der Waals surface area contributed by atoms with Gasteiger partial charge in [-0.05, 0) is 69.9 Å². The average Bonchev–Trinajstić information content (AvgIpc) is 3.39. The number of fused-ring (bicyclic) bond motifs is 1. The van der Waals surface area contributed by atoms with Crippen molar-refractivity contribution in [1.29, 1.82) is 5.26 Å². The van der Waals surface area contributed by atoms with E-state index in [4.69, 9.17) is 4.74 Å². The van der Waals surface area contributed by atoms with Crippen molar-refractivity contribution in [1.82, 2.24) is 5.43 Å². The lowest BCUT2D eigenvalue weighted by molar-refractivity contribution is -0.123. The van der Waals surface area contributed by atoms with Crippen LogP contribution in [-0.2, 0) is 11.4 Å². The number of nitrogens with one attached hydrogen (secondary N) is 1. The standard InChI is InChI=1S/C24H24BrN3O2/c1-24-11-5-4-8-19(24)22(24)23(29)28-27-14-16-9-10-21(20(25)12-16)30-15-18-7-3-2-6-17(18)13-26/h2-3,6-7,9-10,12,14,19,22H,4-5,8,11,15H2,1H3,(H,28,29)/b27-14-/t19-,22-,24+/m1/s1. The van der Waals surface area contributed by atoms with Gasteiger partial charge in [-0.25, -0.2) is 5.43 Å². The number of hydrogen-bond donors (Lipinski definition) is 1. The zero-order valence-corrected chi connectivity index (χ0v) is 18.5. The van der Waals surface area contributed by atoms with Crippen LogP contribution in [0.1, 0.15) is 49.3 Å². The van der Waals surface area contributed by atoms with Gasteiger partial charge in [0.05, 0.1) is 22.3 Å². The minimum atomic E-state index is 0.0378. The predicted molar refractivity (Wildman–Crippen MR) is 119 cm³/mol. The second-order valence-electron chi connectivity index (χ2n) is 8.32. The predicted octanol–water partition coefficient (Wildman–Crippen LogP) is 5.18. The molecule has 30 heavy (non-hydrogen) atoms. The normalized spacial score (nSPS) is 24.7. The summed E-state index contributed by atoms with van der Waals surface area (Å²) in [6.07, 6.45) is 6.41. The highest BCUT2D eigenvalue weighted by atomic mass is 79.9. The van der Waals surface area contributed by atoms with Crippen LogP contribution in [0.5, 0.6) is 5.75 Å². The van der Waals surface area contributed by atoms with Crippen LogP contribution in [0.25, 0.3) is 0 Å². The molecule has 3 atom stereocenters. The molecule has 154 valence electrons. The van der Waals surface area contributed by atoms with Crippen LogP contribution in [0.2, 0.25) is 0 Å². The van der Waals surface area contributed by atoms with E-state index < -0.39 is 0 Å². The molecule has 0 saturated heterocycles. The summed E-state index contributed by atoms with van der Waals surface area (Å²) in [6, 6.07) is 15.2. The highest BCUT2D eigenvalue weighted by Crippen LogP contribution is 2.66. The summed E-state index contributed by atoms with van der Waals surface area (Å²) in [5.74, 6) is 1.35. The van der Waals surface area contributed by atoms with Gasteiger partial charge in [-0.3, -0.25) is 4.79 Å². The molecule has 0 spiro atoms. The fourth-order valence-electron chi connectivity index (χ4n) is 4.72. The van der Waals surface area contributed by atoms with Crippen LogP contribution < -0.4 is 10.2 Å². The molecule has 0 heterocycles. The van der Waals surface area contributed by atoms with Gasteiger partial charge in [-0.2, -0.15) is 10.4 Å². The third kappa shape index (κ3) is 4.13. The first-order chi connectivity index (χ1) is 14.5. The lowest BCUT2D eigenvalue weighted by atomic mass is 9.90. The van der Waals surface area contributed by atoms with E-state index in [-0.39, 0.29) is 17.2 Å². The molecule has 0 aliphatic heterocycles. The minimum absolute atomic E-state index is 0.0378. The van der Waals surface area contributed by atoms with Crippen LogP contribution in [0.4, 0.5) is 0 Å². The van der Waals surface area contributed by atoms with Crippen molar-refractivity contribution in [2.45, 2.75) is 39.2 Å². The van der Waals surface area contributed by atoms with Crippen molar-refractivity contribution in [2.75, 3.05) is 0 Å². The summed E-state index contributed by atoms with van der Waals surface area (Å²) in [5, 5.41) is 13.3. The fraction of sp³-hybridized carbons (Fsp3) is 0.375. The largest absolute Gasteiger partial charge is 0.488 e. The highest BCUT2D eigenvalue weighted by Gasteiger charge is 2.64. The van der Waals surface area contributed by atoms with Gasteiger partial charge < -0.3 is 4.74 Å². The van der Waals surface area contributed by atoms with E-state index in [0.717, 1.165) is 28.4 Å². The van der Waals surface area contributed by atoms with Gasteiger partial charge in [0.2, 0.25) is 5.91 Å². The summed E-state index contributed by atoms with van der Waals surface area (Å²) in [6.45, 7) is 2.54. The number of carbonyl (C=O) groups is 1. The maximum atomic E-state index is 12.5. The van der Waals surface area contributed by atoms with E-state index in [1.165, 1.54) is 12.8 Å². The van der Waals surface area contributed by atoms with E-state index in [1.54, 1.807) is 12.3 Å². The molecular formula is C24H24BrN3O2. The van der Waals surface area contributed by atoms with E-state index in [0.29, 0.717) is 23.8 Å². The SMILES string of the molecule is C[C@]12CCCC[C@@H]1[C@@H]2C(=O)N/N=C\c1ccc(OCc2ccccc2C#N)c(Br)c1. The molecule has 4 rings (SSSR count). The third-order valence-corrected chi connectivity index (χ3v) is 7.10. The second-order valence-corrected chi connectivity index (χ2v) is 9.17. The maximum Gasteiger partial charge on any atom is 0.244 e. The first kappa shape index (κ1) is 20.6. The van der Waals surface area contributed by atoms with Crippen molar-refractivity contribution < 1.29 is 9.53 Å². The molecule has 2 fully saturated rings. The number of hydrazone groups is 1. The molecule has 2 aliphatic rings. The van der Waals surface area contributed by atoms with Gasteiger partial charge in [0.15, 0.2) is 0 Å². The first-order valence-corrected chi connectivity index (χ1v) is 11.1. The zero-order chi connectivity index (χ0) is 21.1. The van der Waals surface area contributed by atoms with E-state index in [2.05, 4.69) is 39.5 Å². The van der Waals surface area contributed by atoms with Gasteiger partial charge in [0.1, 0.15) is 12.4 Å². The average molecular weight is 466 g/mol. The topological polar surface area (TPSA) is 74.5 Å². The van der Waals surface area contributed by atoms with Crippen LogP contribution in [0.15, 0.2) is 52.0 Å². The van der Waals surface area contributed by atoms with E-state index in [1.807, 2.05) is 36.4 Å². The van der Waals surface area contributed by atoms with Gasteiger partial charge in [0, 0.05) is 11.5 Å². The summed E-state index contributed by atoms with van der Waals surface area (Å²) in [7, 11) is 0. The van der Waals surface area contributed by atoms with Gasteiger partial charge >= 0.3 is 0 Å². The molecule has 0 radical (unpaired) electrons. The molecule has 1 amide bonds. The van der Waals surface area contributed by atoms with Crippen molar-refractivity contribution in [3.05, 3.63) is 63.6 Å². The lowest BCUT2D eigenvalue weighted by Crippen LogP contribution is -2.22. The molecule has 0 aromatic heterocycles. The number of hydrogen-bond acceptors (Lipinski definition) is 4. The number of rotatable bonds is 6. The number of carbonyl (C=O) groups excluding carboxylic acids is 1. The van der Waals surface area contributed by atoms with Gasteiger partial charge in [0.25, 0.3) is 0 Å². The monoisotopic (exact) mass is 465 g/mol. The molecular weight excluding hydrogens is 442 g/mol. The molecule has 0 bridgehead atoms. The highest BCUT2D eigenvalue weighted by molar-refractivity contribution is 9.10. The summed E-state index contributed by atoms with van der Waals surface area (Å²) >= 11 is 3.52. The Bertz CT molecular complexity index is 1030. The Balaban J connectivity index is 1.33. The molecule has 1 N–H and O–H groups in total. The van der Waals surface area contributed by atoms with E-state index >= 15 is 0 Å². The Morgan fingerprint density at radius 2 is 2.20 bits per heavy atom. The van der Waals surface area contributed by atoms with Gasteiger partial charge in [-0.15, -0.1) is 0 Å². The molecule has 2 aromatic carbocycles. The van der Waals surface area contributed by atoms with Crippen LogP contribution in [0, 0.1) is 28.6 Å². The molecule has 2 aliphatic carbocycles. The van der Waals surface area contributed by atoms with Crippen molar-refractivity contribution in [3.63, 3.8) is 0 Å². The number of ether oxygens (including phenoxy) is 1. The van der Waals surface area contributed by atoms with Gasteiger partial charge in [-0.1, -0.05) is 38.0 Å². The Morgan fingerprint density at radius 3 is 2.93 bits per heavy atom. The summed E-state index contributed by atoms with van der Waals surface area (Å²) < 4.78 is 6.64. The number of halogens is 1. The Hall–Kier alpha value is -2.65.